The minimum atomic E-state index is -0.549. The zero-order valence-corrected chi connectivity index (χ0v) is 11.5. The van der Waals surface area contributed by atoms with Gasteiger partial charge in [-0.05, 0) is 18.2 Å². The first-order valence-electron chi connectivity index (χ1n) is 7.25. The second-order valence-corrected chi connectivity index (χ2v) is 5.73. The Morgan fingerprint density at radius 3 is 2.41 bits per heavy atom. The van der Waals surface area contributed by atoms with E-state index in [-0.39, 0.29) is 17.9 Å². The number of hydrogen-bond acceptors (Lipinski definition) is 4. The van der Waals surface area contributed by atoms with Gasteiger partial charge in [0, 0.05) is 5.56 Å². The van der Waals surface area contributed by atoms with E-state index in [1.54, 1.807) is 17.2 Å². The van der Waals surface area contributed by atoms with Gasteiger partial charge in [0.15, 0.2) is 6.04 Å². The van der Waals surface area contributed by atoms with Crippen LogP contribution in [0, 0.1) is 5.92 Å². The highest BCUT2D eigenvalue weighted by Crippen LogP contribution is 2.54. The molecule has 3 aliphatic heterocycles. The van der Waals surface area contributed by atoms with Crippen LogP contribution < -0.4 is 9.96 Å². The van der Waals surface area contributed by atoms with Gasteiger partial charge in [0.2, 0.25) is 5.91 Å². The highest BCUT2D eigenvalue weighted by molar-refractivity contribution is 6.25. The first-order valence-corrected chi connectivity index (χ1v) is 7.25. The number of carbonyl (C=O) groups is 2. The first-order chi connectivity index (χ1) is 10.8. The van der Waals surface area contributed by atoms with Crippen LogP contribution in [0.25, 0.3) is 0 Å². The zero-order chi connectivity index (χ0) is 14.8. The smallest absolute Gasteiger partial charge is 0.260 e. The van der Waals surface area contributed by atoms with Crippen molar-refractivity contribution >= 4 is 23.2 Å². The lowest BCUT2D eigenvalue weighted by Crippen LogP contribution is -2.40. The molecule has 2 aromatic carbocycles. The van der Waals surface area contributed by atoms with Gasteiger partial charge >= 0.3 is 0 Å². The second kappa shape index (κ2) is 3.96. The molecular weight excluding hydrogens is 280 g/mol. The van der Waals surface area contributed by atoms with Gasteiger partial charge in [-0.15, -0.1) is 0 Å². The number of rotatable bonds is 1. The number of imide groups is 1. The minimum Gasteiger partial charge on any atom is -0.273 e. The van der Waals surface area contributed by atoms with Crippen molar-refractivity contribution in [3.63, 3.8) is 0 Å². The Morgan fingerprint density at radius 1 is 0.864 bits per heavy atom. The molecule has 3 atom stereocenters. The first kappa shape index (κ1) is 11.9. The fourth-order valence-electron chi connectivity index (χ4n) is 3.69. The molecule has 0 aromatic heterocycles. The van der Waals surface area contributed by atoms with E-state index in [1.807, 2.05) is 42.5 Å². The van der Waals surface area contributed by atoms with Crippen LogP contribution >= 0.6 is 0 Å². The average Bonchev–Trinajstić information content (AvgIpc) is 3.19. The molecule has 3 heterocycles. The zero-order valence-electron chi connectivity index (χ0n) is 11.5. The number of amides is 2. The summed E-state index contributed by atoms with van der Waals surface area (Å²) < 4.78 is 0. The van der Waals surface area contributed by atoms with Crippen LogP contribution in [-0.4, -0.2) is 17.9 Å². The van der Waals surface area contributed by atoms with Crippen LogP contribution in [0.2, 0.25) is 0 Å². The molecule has 2 bridgehead atoms. The Morgan fingerprint density at radius 2 is 1.59 bits per heavy atom. The molecule has 108 valence electrons. The number of hydroxylamine groups is 1. The third-order valence-electron chi connectivity index (χ3n) is 4.62. The summed E-state index contributed by atoms with van der Waals surface area (Å²) in [4.78, 5) is 32.7. The van der Waals surface area contributed by atoms with E-state index in [9.17, 15) is 9.59 Å². The van der Waals surface area contributed by atoms with Crippen LogP contribution in [0.1, 0.15) is 11.7 Å². The van der Waals surface area contributed by atoms with Gasteiger partial charge < -0.3 is 0 Å². The lowest BCUT2D eigenvalue weighted by molar-refractivity contribution is -0.124. The Hall–Kier alpha value is -2.66. The molecule has 0 radical (unpaired) electrons. The second-order valence-electron chi connectivity index (χ2n) is 5.73. The lowest BCUT2D eigenvalue weighted by atomic mass is 9.88. The minimum absolute atomic E-state index is 0.178. The van der Waals surface area contributed by atoms with Crippen LogP contribution in [0.5, 0.6) is 0 Å². The van der Waals surface area contributed by atoms with E-state index in [0.29, 0.717) is 5.69 Å². The predicted octanol–water partition coefficient (Wildman–Crippen LogP) is 2.05. The predicted molar refractivity (Wildman–Crippen MR) is 79.0 cm³/mol. The number of hydrogen-bond donors (Lipinski definition) is 0. The van der Waals surface area contributed by atoms with Crippen molar-refractivity contribution in [2.24, 2.45) is 5.92 Å². The molecule has 5 heteroatoms. The molecule has 0 saturated carbocycles. The van der Waals surface area contributed by atoms with Gasteiger partial charge in [-0.2, -0.15) is 0 Å². The summed E-state index contributed by atoms with van der Waals surface area (Å²) in [6, 6.07) is 16.2. The van der Waals surface area contributed by atoms with Gasteiger partial charge in [0.1, 0.15) is 12.0 Å². The van der Waals surface area contributed by atoms with Crippen molar-refractivity contribution in [3.8, 4) is 0 Å². The molecule has 2 amide bonds. The fraction of sp³-hybridized carbons (Fsp3) is 0.176. The molecule has 5 rings (SSSR count). The Labute approximate surface area is 126 Å². The summed E-state index contributed by atoms with van der Waals surface area (Å²) in [7, 11) is 0. The van der Waals surface area contributed by atoms with Crippen LogP contribution in [0.15, 0.2) is 54.6 Å². The Bertz CT molecular complexity index is 758. The maximum atomic E-state index is 12.8. The maximum Gasteiger partial charge on any atom is 0.260 e. The number of carbonyl (C=O) groups excluding carboxylic acids is 2. The van der Waals surface area contributed by atoms with Crippen molar-refractivity contribution in [1.82, 2.24) is 0 Å². The van der Waals surface area contributed by atoms with Crippen LogP contribution in [0.4, 0.5) is 11.4 Å². The SMILES string of the molecule is O=C1[C@H]2[C@@H]3ON(c4ccccc43)[C@@H]2C(=O)N1c1ccccc1. The van der Waals surface area contributed by atoms with Gasteiger partial charge in [-0.3, -0.25) is 14.4 Å². The molecule has 3 aliphatic rings. The number of para-hydroxylation sites is 2. The molecule has 2 saturated heterocycles. The number of anilines is 2. The van der Waals surface area contributed by atoms with Crippen molar-refractivity contribution in [2.75, 3.05) is 9.96 Å². The van der Waals surface area contributed by atoms with Gasteiger partial charge in [-0.25, -0.2) is 9.96 Å². The molecule has 22 heavy (non-hydrogen) atoms. The summed E-state index contributed by atoms with van der Waals surface area (Å²) >= 11 is 0. The van der Waals surface area contributed by atoms with E-state index in [2.05, 4.69) is 0 Å². The quantitative estimate of drug-likeness (QED) is 0.755. The summed E-state index contributed by atoms with van der Waals surface area (Å²) in [6.45, 7) is 0. The summed E-state index contributed by atoms with van der Waals surface area (Å²) in [6.07, 6.45) is -0.355. The molecule has 0 unspecified atom stereocenters. The topological polar surface area (TPSA) is 49.9 Å². The van der Waals surface area contributed by atoms with Crippen molar-refractivity contribution in [3.05, 3.63) is 60.2 Å². The normalized spacial score (nSPS) is 28.3. The van der Waals surface area contributed by atoms with Crippen LogP contribution in [0.3, 0.4) is 0 Å². The number of benzene rings is 2. The van der Waals surface area contributed by atoms with E-state index < -0.39 is 12.0 Å². The fourth-order valence-corrected chi connectivity index (χ4v) is 3.69. The van der Waals surface area contributed by atoms with Gasteiger partial charge in [0.05, 0.1) is 11.4 Å². The molecule has 2 aromatic rings. The summed E-state index contributed by atoms with van der Waals surface area (Å²) in [5.74, 6) is -0.844. The largest absolute Gasteiger partial charge is 0.273 e. The van der Waals surface area contributed by atoms with Crippen molar-refractivity contribution in [2.45, 2.75) is 12.1 Å². The molecule has 0 spiro atoms. The summed E-state index contributed by atoms with van der Waals surface area (Å²) in [5.41, 5.74) is 2.50. The van der Waals surface area contributed by atoms with E-state index >= 15 is 0 Å². The monoisotopic (exact) mass is 292 g/mol. The van der Waals surface area contributed by atoms with E-state index in [1.165, 1.54) is 4.90 Å². The third-order valence-corrected chi connectivity index (χ3v) is 4.62. The van der Waals surface area contributed by atoms with Crippen LogP contribution in [-0.2, 0) is 14.4 Å². The Balaban J connectivity index is 1.62. The molecule has 0 aliphatic carbocycles. The lowest BCUT2D eigenvalue weighted by Gasteiger charge is -2.22. The molecule has 5 nitrogen and oxygen atoms in total. The van der Waals surface area contributed by atoms with Gasteiger partial charge in [-0.1, -0.05) is 36.4 Å². The van der Waals surface area contributed by atoms with Crippen molar-refractivity contribution in [1.29, 1.82) is 0 Å². The molecular formula is C17H12N2O3. The standard InChI is InChI=1S/C17H12N2O3/c20-16-13-14(17(21)18(16)10-6-2-1-3-7-10)19-12-9-5-4-8-11(12)15(13)22-19/h1-9,13-15H/t13-,14+,15-/m1/s1. The number of nitrogens with zero attached hydrogens (tertiary/aromatic N) is 2. The highest BCUT2D eigenvalue weighted by atomic mass is 16.7. The summed E-state index contributed by atoms with van der Waals surface area (Å²) in [5, 5.41) is 1.62. The van der Waals surface area contributed by atoms with Crippen molar-refractivity contribution < 1.29 is 14.4 Å². The molecule has 2 fully saturated rings. The highest BCUT2D eigenvalue weighted by Gasteiger charge is 2.64. The van der Waals surface area contributed by atoms with Gasteiger partial charge in [0.25, 0.3) is 5.91 Å². The maximum absolute atomic E-state index is 12.8. The third kappa shape index (κ3) is 1.27. The number of fused-ring (bicyclic) bond motifs is 8. The molecule has 0 N–H and O–H groups in total. The Kier molecular flexibility index (Phi) is 2.15. The average molecular weight is 292 g/mol. The van der Waals surface area contributed by atoms with E-state index in [4.69, 9.17) is 4.84 Å². The van der Waals surface area contributed by atoms with E-state index in [0.717, 1.165) is 11.3 Å².